The molecular formula is C16H16N2O. The monoisotopic (exact) mass is 252 g/mol. The van der Waals surface area contributed by atoms with Crippen LogP contribution in [0.4, 0.5) is 0 Å². The number of nitrogens with zero attached hydrogens (tertiary/aromatic N) is 1. The molecule has 0 bridgehead atoms. The van der Waals surface area contributed by atoms with E-state index in [1.54, 1.807) is 0 Å². The van der Waals surface area contributed by atoms with Crippen molar-refractivity contribution in [2.24, 2.45) is 0 Å². The van der Waals surface area contributed by atoms with Crippen LogP contribution in [-0.4, -0.2) is 9.97 Å². The van der Waals surface area contributed by atoms with Crippen LogP contribution in [-0.2, 0) is 6.42 Å². The van der Waals surface area contributed by atoms with Gasteiger partial charge in [0.15, 0.2) is 5.76 Å². The van der Waals surface area contributed by atoms with Gasteiger partial charge in [0.1, 0.15) is 0 Å². The summed E-state index contributed by atoms with van der Waals surface area (Å²) in [6.07, 6.45) is 6.43. The molecule has 0 saturated carbocycles. The summed E-state index contributed by atoms with van der Waals surface area (Å²) in [5, 5.41) is 0. The van der Waals surface area contributed by atoms with E-state index in [-0.39, 0.29) is 0 Å². The van der Waals surface area contributed by atoms with Crippen molar-refractivity contribution < 1.29 is 4.42 Å². The van der Waals surface area contributed by atoms with E-state index in [0.717, 1.165) is 23.6 Å². The topological polar surface area (TPSA) is 41.8 Å². The zero-order valence-corrected chi connectivity index (χ0v) is 11.1. The van der Waals surface area contributed by atoms with Crippen molar-refractivity contribution in [1.29, 1.82) is 0 Å². The van der Waals surface area contributed by atoms with E-state index >= 15 is 0 Å². The van der Waals surface area contributed by atoms with Gasteiger partial charge in [-0.15, -0.1) is 0 Å². The lowest BCUT2D eigenvalue weighted by atomic mass is 10.1. The highest BCUT2D eigenvalue weighted by Gasteiger charge is 2.13. The van der Waals surface area contributed by atoms with Crippen LogP contribution in [0.15, 0.2) is 47.3 Å². The molecule has 3 aromatic rings. The highest BCUT2D eigenvalue weighted by atomic mass is 16.3. The fourth-order valence-corrected chi connectivity index (χ4v) is 2.22. The van der Waals surface area contributed by atoms with Gasteiger partial charge in [0.2, 0.25) is 0 Å². The first kappa shape index (κ1) is 11.8. The first-order valence-electron chi connectivity index (χ1n) is 6.36. The number of hydrogen-bond acceptors (Lipinski definition) is 2. The molecule has 0 atom stereocenters. The molecule has 0 aliphatic heterocycles. The number of H-pyrrole nitrogens is 1. The zero-order chi connectivity index (χ0) is 13.2. The van der Waals surface area contributed by atoms with Gasteiger partial charge in [-0.1, -0.05) is 6.07 Å². The second-order valence-corrected chi connectivity index (χ2v) is 4.80. The van der Waals surface area contributed by atoms with Gasteiger partial charge >= 0.3 is 0 Å². The fourth-order valence-electron chi connectivity index (χ4n) is 2.22. The Morgan fingerprint density at radius 2 is 2.16 bits per heavy atom. The van der Waals surface area contributed by atoms with Crippen molar-refractivity contribution in [1.82, 2.24) is 9.97 Å². The third kappa shape index (κ3) is 2.32. The van der Waals surface area contributed by atoms with E-state index in [1.807, 2.05) is 36.9 Å². The molecule has 3 rings (SSSR count). The normalized spacial score (nSPS) is 10.8. The molecule has 0 saturated heterocycles. The molecule has 19 heavy (non-hydrogen) atoms. The molecule has 0 aliphatic carbocycles. The molecule has 0 spiro atoms. The average Bonchev–Trinajstić information content (AvgIpc) is 2.99. The summed E-state index contributed by atoms with van der Waals surface area (Å²) >= 11 is 0. The van der Waals surface area contributed by atoms with Crippen LogP contribution in [0.25, 0.3) is 11.5 Å². The Kier molecular flexibility index (Phi) is 2.95. The van der Waals surface area contributed by atoms with Crippen molar-refractivity contribution in [3.05, 3.63) is 65.3 Å². The molecule has 96 valence electrons. The van der Waals surface area contributed by atoms with E-state index < -0.39 is 0 Å². The highest BCUT2D eigenvalue weighted by Crippen LogP contribution is 2.28. The van der Waals surface area contributed by atoms with E-state index in [2.05, 4.69) is 29.9 Å². The number of rotatable bonds is 3. The van der Waals surface area contributed by atoms with Gasteiger partial charge in [0, 0.05) is 30.1 Å². The van der Waals surface area contributed by atoms with Gasteiger partial charge in [0.25, 0.3) is 0 Å². The fraction of sp³-hybridized carbons (Fsp3) is 0.188. The van der Waals surface area contributed by atoms with Gasteiger partial charge in [-0.3, -0.25) is 4.98 Å². The van der Waals surface area contributed by atoms with E-state index in [0.29, 0.717) is 0 Å². The van der Waals surface area contributed by atoms with Crippen LogP contribution in [0.1, 0.15) is 22.4 Å². The molecule has 0 fully saturated rings. The number of furan rings is 1. The Morgan fingerprint density at radius 1 is 1.26 bits per heavy atom. The SMILES string of the molecule is Cc1c[nH]c(-c2occ(Cc3ccccn3)c2C)c1. The van der Waals surface area contributed by atoms with E-state index in [1.165, 1.54) is 16.7 Å². The Hall–Kier alpha value is -2.29. The van der Waals surface area contributed by atoms with Gasteiger partial charge < -0.3 is 9.40 Å². The summed E-state index contributed by atoms with van der Waals surface area (Å²) in [5.41, 5.74) is 5.65. The molecule has 3 nitrogen and oxygen atoms in total. The van der Waals surface area contributed by atoms with Gasteiger partial charge in [-0.2, -0.15) is 0 Å². The van der Waals surface area contributed by atoms with Crippen molar-refractivity contribution >= 4 is 0 Å². The average molecular weight is 252 g/mol. The molecule has 0 unspecified atom stereocenters. The van der Waals surface area contributed by atoms with Crippen molar-refractivity contribution in [3.8, 4) is 11.5 Å². The number of nitrogens with one attached hydrogen (secondary N) is 1. The molecule has 3 heterocycles. The summed E-state index contributed by atoms with van der Waals surface area (Å²) < 4.78 is 5.71. The standard InChI is InChI=1S/C16H16N2O/c1-11-7-15(18-9-11)16-12(2)13(10-19-16)8-14-5-3-4-6-17-14/h3-7,9-10,18H,8H2,1-2H3. The van der Waals surface area contributed by atoms with Crippen LogP contribution < -0.4 is 0 Å². The van der Waals surface area contributed by atoms with Crippen LogP contribution in [0.3, 0.4) is 0 Å². The largest absolute Gasteiger partial charge is 0.462 e. The van der Waals surface area contributed by atoms with Gasteiger partial charge in [0.05, 0.1) is 12.0 Å². The van der Waals surface area contributed by atoms with Crippen LogP contribution in [0.2, 0.25) is 0 Å². The predicted octanol–water partition coefficient (Wildman–Crippen LogP) is 3.88. The lowest BCUT2D eigenvalue weighted by molar-refractivity contribution is 0.576. The molecular weight excluding hydrogens is 236 g/mol. The highest BCUT2D eigenvalue weighted by molar-refractivity contribution is 5.60. The third-order valence-corrected chi connectivity index (χ3v) is 3.31. The Labute approximate surface area is 112 Å². The second-order valence-electron chi connectivity index (χ2n) is 4.80. The smallest absolute Gasteiger partial charge is 0.153 e. The second kappa shape index (κ2) is 4.76. The summed E-state index contributed by atoms with van der Waals surface area (Å²) in [7, 11) is 0. The number of hydrogen-bond donors (Lipinski definition) is 1. The number of aromatic nitrogens is 2. The summed E-state index contributed by atoms with van der Waals surface area (Å²) in [6, 6.07) is 8.06. The minimum absolute atomic E-state index is 0.801. The maximum absolute atomic E-state index is 5.71. The summed E-state index contributed by atoms with van der Waals surface area (Å²) in [5.74, 6) is 0.916. The molecule has 1 N–H and O–H groups in total. The van der Waals surface area contributed by atoms with Crippen LogP contribution in [0, 0.1) is 13.8 Å². The van der Waals surface area contributed by atoms with E-state index in [9.17, 15) is 0 Å². The Bertz CT molecular complexity index is 680. The minimum Gasteiger partial charge on any atom is -0.462 e. The predicted molar refractivity (Wildman–Crippen MR) is 75.0 cm³/mol. The molecule has 0 amide bonds. The minimum atomic E-state index is 0.801. The Morgan fingerprint density at radius 3 is 2.84 bits per heavy atom. The first-order valence-corrected chi connectivity index (χ1v) is 6.36. The third-order valence-electron chi connectivity index (χ3n) is 3.31. The molecule has 0 aromatic carbocycles. The quantitative estimate of drug-likeness (QED) is 0.768. The zero-order valence-electron chi connectivity index (χ0n) is 11.1. The first-order chi connectivity index (χ1) is 9.24. The summed E-state index contributed by atoms with van der Waals surface area (Å²) in [6.45, 7) is 4.15. The van der Waals surface area contributed by atoms with Gasteiger partial charge in [-0.05, 0) is 43.2 Å². The van der Waals surface area contributed by atoms with Crippen molar-refractivity contribution in [2.45, 2.75) is 20.3 Å². The maximum atomic E-state index is 5.71. The number of pyridine rings is 1. The van der Waals surface area contributed by atoms with Crippen LogP contribution >= 0.6 is 0 Å². The van der Waals surface area contributed by atoms with Gasteiger partial charge in [-0.25, -0.2) is 0 Å². The summed E-state index contributed by atoms with van der Waals surface area (Å²) in [4.78, 5) is 7.58. The molecule has 0 aliphatic rings. The lowest BCUT2D eigenvalue weighted by Crippen LogP contribution is -1.91. The van der Waals surface area contributed by atoms with Crippen molar-refractivity contribution in [3.63, 3.8) is 0 Å². The molecule has 3 aromatic heterocycles. The van der Waals surface area contributed by atoms with Crippen molar-refractivity contribution in [2.75, 3.05) is 0 Å². The molecule has 3 heteroatoms. The number of aryl methyl sites for hydroxylation is 1. The lowest BCUT2D eigenvalue weighted by Gasteiger charge is -1.99. The molecule has 0 radical (unpaired) electrons. The Balaban J connectivity index is 1.91. The number of aromatic amines is 1. The van der Waals surface area contributed by atoms with Crippen LogP contribution in [0.5, 0.6) is 0 Å². The van der Waals surface area contributed by atoms with E-state index in [4.69, 9.17) is 4.42 Å². The maximum Gasteiger partial charge on any atom is 0.153 e.